The molecule has 5 aromatic carbocycles. The third kappa shape index (κ3) is 15.7. The highest BCUT2D eigenvalue weighted by Crippen LogP contribution is 2.50. The molecule has 0 unspecified atom stereocenters. The molecule has 5 N–H and O–H groups in total. The van der Waals surface area contributed by atoms with Crippen LogP contribution in [0.15, 0.2) is 113 Å². The largest absolute Gasteiger partial charge is 0.504 e. The van der Waals surface area contributed by atoms with Gasteiger partial charge in [-0.15, -0.1) is 23.2 Å². The highest BCUT2D eigenvalue weighted by molar-refractivity contribution is 6.18. The van der Waals surface area contributed by atoms with Gasteiger partial charge in [-0.1, -0.05) is 20.8 Å². The zero-order chi connectivity index (χ0) is 79.3. The minimum absolute atomic E-state index is 0.200. The van der Waals surface area contributed by atoms with Crippen molar-refractivity contribution in [3.05, 3.63) is 226 Å². The van der Waals surface area contributed by atoms with Crippen molar-refractivity contribution in [2.24, 2.45) is 5.92 Å². The summed E-state index contributed by atoms with van der Waals surface area (Å²) >= 11 is 11.6. The molecule has 0 aliphatic carbocycles. The van der Waals surface area contributed by atoms with Gasteiger partial charge in [0.05, 0.1) is 62.3 Å². The van der Waals surface area contributed by atoms with Crippen molar-refractivity contribution in [3.63, 3.8) is 0 Å². The number of furan rings is 5. The molecule has 5 aromatic heterocycles. The molecule has 0 bridgehead atoms. The van der Waals surface area contributed by atoms with Crippen LogP contribution >= 0.6 is 23.2 Å². The minimum Gasteiger partial charge on any atom is -0.504 e. The van der Waals surface area contributed by atoms with Crippen molar-refractivity contribution in [2.45, 2.75) is 174 Å². The van der Waals surface area contributed by atoms with Crippen LogP contribution in [-0.2, 0) is 123 Å². The highest BCUT2D eigenvalue weighted by Gasteiger charge is 2.41. The normalized spacial score (nSPS) is 19.9. The molecule has 21 nitrogen and oxygen atoms in total. The summed E-state index contributed by atoms with van der Waals surface area (Å²) in [6, 6.07) is 31.4. The molecule has 114 heavy (non-hydrogen) atoms. The minimum atomic E-state index is 0.200. The lowest BCUT2D eigenvalue weighted by molar-refractivity contribution is 0.144. The van der Waals surface area contributed by atoms with E-state index in [0.29, 0.717) is 70.5 Å². The van der Waals surface area contributed by atoms with E-state index >= 15 is 0 Å². The third-order valence-electron chi connectivity index (χ3n) is 24.8. The number of methoxy groups -OCH3 is 6. The number of phenolic OH excluding ortho intramolecular Hbond substituents is 5. The Bertz CT molecular complexity index is 4900. The Morgan fingerprint density at radius 1 is 0.333 bits per heavy atom. The second kappa shape index (κ2) is 33.5. The number of aryl methyl sites for hydroxylation is 3. The van der Waals surface area contributed by atoms with E-state index in [1.807, 2.05) is 66.7 Å². The quantitative estimate of drug-likeness (QED) is 0.0674. The van der Waals surface area contributed by atoms with Gasteiger partial charge in [-0.3, -0.25) is 24.5 Å². The summed E-state index contributed by atoms with van der Waals surface area (Å²) in [5.41, 5.74) is 18.8. The molecule has 0 saturated heterocycles. The number of aromatic hydroxyl groups is 5. The zero-order valence-electron chi connectivity index (χ0n) is 66.7. The van der Waals surface area contributed by atoms with Crippen LogP contribution in [0.3, 0.4) is 0 Å². The van der Waals surface area contributed by atoms with Crippen LogP contribution in [0.25, 0.3) is 0 Å². The van der Waals surface area contributed by atoms with Crippen molar-refractivity contribution in [1.29, 1.82) is 0 Å². The maximum absolute atomic E-state index is 10.2. The molecule has 5 atom stereocenters. The van der Waals surface area contributed by atoms with E-state index < -0.39 is 0 Å². The number of phenols is 5. The smallest absolute Gasteiger partial charge is 0.284 e. The molecule has 0 radical (unpaired) electrons. The lowest BCUT2D eigenvalue weighted by Gasteiger charge is -2.40. The first-order valence-corrected chi connectivity index (χ1v) is 41.3. The summed E-state index contributed by atoms with van der Waals surface area (Å²) in [6.45, 7) is 15.9. The van der Waals surface area contributed by atoms with Crippen LogP contribution in [-0.4, -0.2) is 137 Å². The number of hydrogen-bond acceptors (Lipinski definition) is 21. The first-order chi connectivity index (χ1) is 55.3. The predicted octanol–water partition coefficient (Wildman–Crippen LogP) is 16.6. The summed E-state index contributed by atoms with van der Waals surface area (Å²) in [5, 5.41) is 50.7. The Labute approximate surface area is 676 Å². The van der Waals surface area contributed by atoms with Gasteiger partial charge >= 0.3 is 0 Å². The molecule has 20 rings (SSSR count). The molecular formula is C91H105Cl2N5O16. The van der Waals surface area contributed by atoms with E-state index in [1.54, 1.807) is 42.7 Å². The van der Waals surface area contributed by atoms with Gasteiger partial charge in [0.1, 0.15) is 51.8 Å². The van der Waals surface area contributed by atoms with Crippen molar-refractivity contribution >= 4 is 23.2 Å². The number of nitrogens with zero attached hydrogens (tertiary/aromatic N) is 5. The van der Waals surface area contributed by atoms with Crippen molar-refractivity contribution in [1.82, 2.24) is 24.5 Å². The Morgan fingerprint density at radius 2 is 0.623 bits per heavy atom. The first kappa shape index (κ1) is 78.6. The fourth-order valence-corrected chi connectivity index (χ4v) is 19.4. The standard InChI is InChI=1S/C20H25NO3.2C18H20ClNO3.C18H21NO3.C17H19NO4/c1-12(2)6-15-7-14-8-17-16-10-18(22)19(23-3)9-13(16)4-5-21(17)11-20(14)24-15;1-22-17-8-11-3-5-20-10-18-12(6-13(23-18)2-4-19)7-15(20)14(11)9-16(17)21;1-22-18-7-11-3-5-20-10-12-6-13(2-4-19)23-17(12)9-15(20)14(11)8-16(18)21;1-3-13-6-12-7-15-14-9-16(20)17(21-2)8-11(14)4-5-19(15)10-18(12)22-13;1-20-16-5-10-3-4-18-9-11-6-17(21-2)22-15(11)8-13(18)12(10)7-14(16)19/h7,9-10,12,17,22H,4-6,8,11H2,1-3H3;6,8-9,15,21H,2-5,7,10H2,1H3;6-8,15,21H,2-5,9-10H2,1H3;6,8-9,15,20H,3-5,7,10H2,1-2H3;5-7,13,19H,3-4,8-9H2,1-2H3/t17-;3*15-;13-/m00000/s1. The molecule has 0 spiro atoms. The number of alkyl halides is 2. The average Bonchev–Trinajstić information content (AvgIpc) is 1.38. The summed E-state index contributed by atoms with van der Waals surface area (Å²) < 4.78 is 61.1. The van der Waals surface area contributed by atoms with E-state index in [1.165, 1.54) is 83.5 Å². The van der Waals surface area contributed by atoms with Crippen molar-refractivity contribution in [2.75, 3.05) is 87.1 Å². The SMILES string of the molecule is CCc1cc2c(o1)CN1CCc3cc(OC)c(O)cc3[C@@H]1C2.COc1cc2c(cc1O)[C@@H]1Cc3cc(CC(C)C)oc3CN1CC2.COc1cc2c(cc1O)[C@@H]1Cc3cc(CCCl)oc3CN1CC2.COc1cc2c(cc1O)[C@@H]1Cc3oc(CCCl)cc3CN1CC2.COc1cc2c(o1)C[C@H]1c3cc(O)c(OC)cc3CCN1C2. The van der Waals surface area contributed by atoms with Crippen LogP contribution in [0.1, 0.15) is 186 Å². The molecule has 10 aromatic rings. The molecule has 0 saturated carbocycles. The van der Waals surface area contributed by atoms with E-state index in [9.17, 15) is 25.5 Å². The van der Waals surface area contributed by atoms with E-state index in [2.05, 4.69) is 69.5 Å². The lowest BCUT2D eigenvalue weighted by Crippen LogP contribution is -2.38. The maximum atomic E-state index is 10.2. The second-order valence-corrected chi connectivity index (χ2v) is 32.8. The van der Waals surface area contributed by atoms with Gasteiger partial charge in [-0.05, 0) is 215 Å². The molecule has 10 aliphatic rings. The van der Waals surface area contributed by atoms with Crippen LogP contribution in [0, 0.1) is 5.92 Å². The highest BCUT2D eigenvalue weighted by atomic mass is 35.5. The Morgan fingerprint density at radius 3 is 0.956 bits per heavy atom. The van der Waals surface area contributed by atoms with Crippen LogP contribution in [0.5, 0.6) is 63.4 Å². The molecule has 0 fully saturated rings. The monoisotopic (exact) mass is 1590 g/mol. The Kier molecular flexibility index (Phi) is 23.1. The van der Waals surface area contributed by atoms with Gasteiger partial charge in [0, 0.05) is 144 Å². The fraction of sp³-hybridized carbons (Fsp3) is 0.451. The summed E-state index contributed by atoms with van der Waals surface area (Å²) in [5.74, 6) is 15.7. The molecule has 15 heterocycles. The van der Waals surface area contributed by atoms with Crippen molar-refractivity contribution < 1.29 is 76.0 Å². The van der Waals surface area contributed by atoms with E-state index in [0.717, 1.165) is 207 Å². The molecule has 10 aliphatic heterocycles. The maximum Gasteiger partial charge on any atom is 0.284 e. The van der Waals surface area contributed by atoms with Crippen LogP contribution < -0.4 is 28.4 Å². The lowest BCUT2D eigenvalue weighted by atomic mass is 9.86. The summed E-state index contributed by atoms with van der Waals surface area (Å²) in [4.78, 5) is 12.3. The van der Waals surface area contributed by atoms with Gasteiger partial charge in [0.25, 0.3) is 5.95 Å². The van der Waals surface area contributed by atoms with Gasteiger partial charge < -0.3 is 76.0 Å². The first-order valence-electron chi connectivity index (χ1n) is 40.2. The molecule has 604 valence electrons. The van der Waals surface area contributed by atoms with Gasteiger partial charge in [0.2, 0.25) is 0 Å². The number of benzene rings is 5. The fourth-order valence-electron chi connectivity index (χ4n) is 19.1. The second-order valence-electron chi connectivity index (χ2n) is 32.0. The van der Waals surface area contributed by atoms with Gasteiger partial charge in [-0.2, -0.15) is 0 Å². The molecule has 0 amide bonds. The van der Waals surface area contributed by atoms with Crippen LogP contribution in [0.2, 0.25) is 0 Å². The average molecular weight is 1600 g/mol. The molecule has 23 heteroatoms. The third-order valence-corrected chi connectivity index (χ3v) is 25.2. The van der Waals surface area contributed by atoms with E-state index in [-0.39, 0.29) is 40.8 Å². The van der Waals surface area contributed by atoms with Crippen LogP contribution in [0.4, 0.5) is 0 Å². The molecular weight excluding hydrogens is 1490 g/mol. The Balaban J connectivity index is 0.000000107. The van der Waals surface area contributed by atoms with Gasteiger partial charge in [0.15, 0.2) is 57.5 Å². The Hall–Kier alpha value is -9.32. The number of halogens is 2. The number of ether oxygens (including phenoxy) is 6. The number of hydrogen-bond donors (Lipinski definition) is 5. The number of fused-ring (bicyclic) bond motifs is 20. The topological polar surface area (TPSA) is 238 Å². The number of rotatable bonds is 13. The summed E-state index contributed by atoms with van der Waals surface area (Å²) in [6.07, 6.45) is 12.8. The predicted molar refractivity (Wildman–Crippen MR) is 433 cm³/mol. The van der Waals surface area contributed by atoms with Crippen molar-refractivity contribution in [3.8, 4) is 63.4 Å². The summed E-state index contributed by atoms with van der Waals surface area (Å²) in [7, 11) is 9.58. The van der Waals surface area contributed by atoms with E-state index in [4.69, 9.17) is 73.7 Å². The van der Waals surface area contributed by atoms with Gasteiger partial charge in [-0.25, -0.2) is 0 Å². The zero-order valence-corrected chi connectivity index (χ0v) is 68.2.